The van der Waals surface area contributed by atoms with Crippen LogP contribution in [0.25, 0.3) is 6.08 Å². The zero-order chi connectivity index (χ0) is 23.8. The van der Waals surface area contributed by atoms with Crippen molar-refractivity contribution in [2.75, 3.05) is 12.4 Å². The fourth-order valence-electron chi connectivity index (χ4n) is 2.86. The number of carbonyl (C=O) groups is 2. The van der Waals surface area contributed by atoms with Crippen molar-refractivity contribution in [3.8, 4) is 11.8 Å². The highest BCUT2D eigenvalue weighted by atomic mass is 35.5. The molecule has 3 rings (SSSR count). The van der Waals surface area contributed by atoms with E-state index in [4.69, 9.17) is 16.3 Å². The van der Waals surface area contributed by atoms with E-state index in [1.54, 1.807) is 30.3 Å². The highest BCUT2D eigenvalue weighted by Gasteiger charge is 2.13. The predicted molar refractivity (Wildman–Crippen MR) is 122 cm³/mol. The van der Waals surface area contributed by atoms with Crippen molar-refractivity contribution in [3.05, 3.63) is 99.8 Å². The molecule has 8 heteroatoms. The van der Waals surface area contributed by atoms with Gasteiger partial charge in [-0.2, -0.15) is 5.26 Å². The van der Waals surface area contributed by atoms with Crippen molar-refractivity contribution in [2.24, 2.45) is 0 Å². The van der Waals surface area contributed by atoms with Gasteiger partial charge in [-0.05, 0) is 66.2 Å². The first kappa shape index (κ1) is 23.5. The highest BCUT2D eigenvalue weighted by molar-refractivity contribution is 6.30. The number of ether oxygens (including phenoxy) is 2. The second-order valence-corrected chi connectivity index (χ2v) is 7.23. The monoisotopic (exact) mass is 464 g/mol. The highest BCUT2D eigenvalue weighted by Crippen LogP contribution is 2.26. The molecule has 1 N–H and O–H groups in total. The Morgan fingerprint density at radius 3 is 2.55 bits per heavy atom. The molecule has 0 radical (unpaired) electrons. The molecule has 1 amide bonds. The number of nitrogens with one attached hydrogen (secondary N) is 1. The fraction of sp³-hybridized carbons (Fsp3) is 0.0800. The fourth-order valence-corrected chi connectivity index (χ4v) is 3.04. The molecule has 166 valence electrons. The van der Waals surface area contributed by atoms with Crippen molar-refractivity contribution in [1.29, 1.82) is 5.26 Å². The first-order valence-corrected chi connectivity index (χ1v) is 10.1. The first-order valence-electron chi connectivity index (χ1n) is 9.68. The minimum absolute atomic E-state index is 0.0842. The number of halogens is 2. The Kier molecular flexibility index (Phi) is 7.79. The van der Waals surface area contributed by atoms with Crippen LogP contribution in [0.3, 0.4) is 0 Å². The van der Waals surface area contributed by atoms with Crippen LogP contribution in [0.2, 0.25) is 5.02 Å². The van der Waals surface area contributed by atoms with Gasteiger partial charge in [0.05, 0.1) is 12.7 Å². The SMILES string of the molecule is COC(=O)c1ccc(NC(=O)/C(C#N)=C/c2cc(Cl)ccc2OCc2cccc(F)c2)cc1. The van der Waals surface area contributed by atoms with Crippen molar-refractivity contribution in [1.82, 2.24) is 0 Å². The maximum Gasteiger partial charge on any atom is 0.337 e. The van der Waals surface area contributed by atoms with E-state index in [9.17, 15) is 19.2 Å². The lowest BCUT2D eigenvalue weighted by Crippen LogP contribution is -2.13. The van der Waals surface area contributed by atoms with Crippen LogP contribution in [0.5, 0.6) is 5.75 Å². The van der Waals surface area contributed by atoms with Crippen molar-refractivity contribution >= 4 is 35.2 Å². The average Bonchev–Trinajstić information content (AvgIpc) is 2.82. The Labute approximate surface area is 194 Å². The van der Waals surface area contributed by atoms with E-state index in [1.807, 2.05) is 6.07 Å². The summed E-state index contributed by atoms with van der Waals surface area (Å²) < 4.78 is 23.8. The maximum atomic E-state index is 13.4. The zero-order valence-electron chi connectivity index (χ0n) is 17.5. The number of carbonyl (C=O) groups excluding carboxylic acids is 2. The summed E-state index contributed by atoms with van der Waals surface area (Å²) in [5.41, 5.74) is 1.55. The molecular formula is C25H18ClFN2O4. The van der Waals surface area contributed by atoms with Crippen LogP contribution in [-0.2, 0) is 16.1 Å². The van der Waals surface area contributed by atoms with E-state index in [2.05, 4.69) is 10.1 Å². The molecule has 0 aliphatic rings. The van der Waals surface area contributed by atoms with Crippen LogP contribution in [0.4, 0.5) is 10.1 Å². The standard InChI is InChI=1S/C25H18ClFN2O4/c1-32-25(31)17-5-8-22(9-6-17)29-24(30)19(14-28)12-18-13-20(26)7-10-23(18)33-15-16-3-2-4-21(27)11-16/h2-13H,15H2,1H3,(H,29,30)/b19-12+. The molecule has 3 aromatic rings. The Bertz CT molecular complexity index is 1250. The largest absolute Gasteiger partial charge is 0.488 e. The van der Waals surface area contributed by atoms with Gasteiger partial charge in [0.15, 0.2) is 0 Å². The summed E-state index contributed by atoms with van der Waals surface area (Å²) in [6.45, 7) is 0.0842. The van der Waals surface area contributed by atoms with Gasteiger partial charge in [0.25, 0.3) is 5.91 Å². The third-order valence-electron chi connectivity index (χ3n) is 4.48. The molecule has 3 aromatic carbocycles. The molecule has 0 aliphatic heterocycles. The lowest BCUT2D eigenvalue weighted by molar-refractivity contribution is -0.112. The van der Waals surface area contributed by atoms with E-state index in [-0.39, 0.29) is 18.0 Å². The molecule has 0 atom stereocenters. The number of nitrogens with zero attached hydrogens (tertiary/aromatic N) is 1. The molecule has 0 saturated heterocycles. The van der Waals surface area contributed by atoms with Crippen LogP contribution in [0.15, 0.2) is 72.3 Å². The summed E-state index contributed by atoms with van der Waals surface area (Å²) in [7, 11) is 1.27. The lowest BCUT2D eigenvalue weighted by atomic mass is 10.1. The number of hydrogen-bond acceptors (Lipinski definition) is 5. The van der Waals surface area contributed by atoms with Crippen LogP contribution >= 0.6 is 11.6 Å². The summed E-state index contributed by atoms with van der Waals surface area (Å²) in [6.07, 6.45) is 1.35. The van der Waals surface area contributed by atoms with E-state index in [0.717, 1.165) is 0 Å². The predicted octanol–water partition coefficient (Wildman–Crippen LogP) is 5.39. The summed E-state index contributed by atoms with van der Waals surface area (Å²) in [5, 5.41) is 12.5. The van der Waals surface area contributed by atoms with Crippen molar-refractivity contribution in [2.45, 2.75) is 6.61 Å². The number of esters is 1. The Morgan fingerprint density at radius 2 is 1.88 bits per heavy atom. The quantitative estimate of drug-likeness (QED) is 0.287. The van der Waals surface area contributed by atoms with E-state index < -0.39 is 11.9 Å². The van der Waals surface area contributed by atoms with Gasteiger partial charge in [0, 0.05) is 16.3 Å². The number of hydrogen-bond donors (Lipinski definition) is 1. The Hall–Kier alpha value is -4.15. The van der Waals surface area contributed by atoms with Gasteiger partial charge in [-0.3, -0.25) is 4.79 Å². The van der Waals surface area contributed by atoms with Crippen molar-refractivity contribution in [3.63, 3.8) is 0 Å². The molecule has 0 fully saturated rings. The molecule has 33 heavy (non-hydrogen) atoms. The van der Waals surface area contributed by atoms with Gasteiger partial charge in [-0.1, -0.05) is 23.7 Å². The third-order valence-corrected chi connectivity index (χ3v) is 4.72. The van der Waals surface area contributed by atoms with Gasteiger partial charge in [0.1, 0.15) is 29.8 Å². The molecule has 0 aromatic heterocycles. The number of benzene rings is 3. The van der Waals surface area contributed by atoms with Crippen LogP contribution in [-0.4, -0.2) is 19.0 Å². The van der Waals surface area contributed by atoms with Crippen LogP contribution < -0.4 is 10.1 Å². The summed E-state index contributed by atoms with van der Waals surface area (Å²) in [5.74, 6) is -1.17. The molecular weight excluding hydrogens is 447 g/mol. The lowest BCUT2D eigenvalue weighted by Gasteiger charge is -2.11. The summed E-state index contributed by atoms with van der Waals surface area (Å²) in [4.78, 5) is 24.1. The molecule has 0 saturated carbocycles. The van der Waals surface area contributed by atoms with Gasteiger partial charge in [0.2, 0.25) is 0 Å². The maximum absolute atomic E-state index is 13.4. The Balaban J connectivity index is 1.79. The molecule has 0 unspecified atom stereocenters. The van der Waals surface area contributed by atoms with Gasteiger partial charge in [-0.15, -0.1) is 0 Å². The van der Waals surface area contributed by atoms with E-state index >= 15 is 0 Å². The van der Waals surface area contributed by atoms with E-state index in [0.29, 0.717) is 33.1 Å². The van der Waals surface area contributed by atoms with E-state index in [1.165, 1.54) is 49.6 Å². The Morgan fingerprint density at radius 1 is 1.12 bits per heavy atom. The smallest absolute Gasteiger partial charge is 0.337 e. The summed E-state index contributed by atoms with van der Waals surface area (Å²) >= 11 is 6.09. The molecule has 0 bridgehead atoms. The van der Waals surface area contributed by atoms with Crippen LogP contribution in [0.1, 0.15) is 21.5 Å². The normalized spacial score (nSPS) is 10.8. The molecule has 0 spiro atoms. The first-order chi connectivity index (χ1) is 15.9. The number of methoxy groups -OCH3 is 1. The molecule has 0 heterocycles. The van der Waals surface area contributed by atoms with Gasteiger partial charge in [-0.25, -0.2) is 9.18 Å². The topological polar surface area (TPSA) is 88.4 Å². The second-order valence-electron chi connectivity index (χ2n) is 6.79. The number of anilines is 1. The minimum Gasteiger partial charge on any atom is -0.488 e. The van der Waals surface area contributed by atoms with Gasteiger partial charge >= 0.3 is 5.97 Å². The number of nitriles is 1. The molecule has 6 nitrogen and oxygen atoms in total. The molecule has 0 aliphatic carbocycles. The van der Waals surface area contributed by atoms with Crippen molar-refractivity contribution < 1.29 is 23.5 Å². The minimum atomic E-state index is -0.653. The zero-order valence-corrected chi connectivity index (χ0v) is 18.2. The number of amides is 1. The third kappa shape index (κ3) is 6.42. The second kappa shape index (κ2) is 10.9. The summed E-state index contributed by atoms with van der Waals surface area (Å²) in [6, 6.07) is 18.6. The average molecular weight is 465 g/mol. The van der Waals surface area contributed by atoms with Gasteiger partial charge < -0.3 is 14.8 Å². The van der Waals surface area contributed by atoms with Crippen LogP contribution in [0, 0.1) is 17.1 Å². The number of rotatable bonds is 7.